The van der Waals surface area contributed by atoms with Gasteiger partial charge in [-0.2, -0.15) is 0 Å². The Balaban J connectivity index is 1.72. The molecule has 25 heavy (non-hydrogen) atoms. The highest BCUT2D eigenvalue weighted by Crippen LogP contribution is 2.32. The van der Waals surface area contributed by atoms with Gasteiger partial charge in [-0.3, -0.25) is 9.59 Å². The van der Waals surface area contributed by atoms with Crippen LogP contribution in [0.1, 0.15) is 34.1 Å². The third-order valence-electron chi connectivity index (χ3n) is 3.72. The monoisotopic (exact) mass is 340 g/mol. The van der Waals surface area contributed by atoms with Gasteiger partial charge in [-0.25, -0.2) is 0 Å². The lowest BCUT2D eigenvalue weighted by Crippen LogP contribution is -2.24. The third-order valence-corrected chi connectivity index (χ3v) is 3.72. The van der Waals surface area contributed by atoms with Gasteiger partial charge in [0, 0.05) is 29.4 Å². The zero-order chi connectivity index (χ0) is 17.6. The summed E-state index contributed by atoms with van der Waals surface area (Å²) in [7, 11) is 0. The zero-order valence-corrected chi connectivity index (χ0v) is 14.0. The Morgan fingerprint density at radius 1 is 0.960 bits per heavy atom. The quantitative estimate of drug-likeness (QED) is 0.877. The minimum Gasteiger partial charge on any atom is -0.486 e. The van der Waals surface area contributed by atoms with E-state index >= 15 is 0 Å². The molecule has 6 heteroatoms. The van der Waals surface area contributed by atoms with Crippen molar-refractivity contribution in [3.05, 3.63) is 53.6 Å². The fraction of sp³-hybridized carbons (Fsp3) is 0.263. The number of amides is 2. The van der Waals surface area contributed by atoms with E-state index in [4.69, 9.17) is 9.47 Å². The Hall–Kier alpha value is -3.02. The van der Waals surface area contributed by atoms with Crippen molar-refractivity contribution in [1.29, 1.82) is 0 Å². The van der Waals surface area contributed by atoms with Crippen molar-refractivity contribution in [2.75, 3.05) is 25.1 Å². The second-order valence-corrected chi connectivity index (χ2v) is 5.65. The van der Waals surface area contributed by atoms with E-state index in [0.717, 1.165) is 6.42 Å². The van der Waals surface area contributed by atoms with Crippen LogP contribution in [0, 0.1) is 0 Å². The molecule has 0 radical (unpaired) electrons. The molecule has 0 bridgehead atoms. The summed E-state index contributed by atoms with van der Waals surface area (Å²) in [6.07, 6.45) is 0.857. The molecule has 1 aliphatic heterocycles. The van der Waals surface area contributed by atoms with Crippen molar-refractivity contribution in [3.8, 4) is 11.5 Å². The predicted molar refractivity (Wildman–Crippen MR) is 94.5 cm³/mol. The molecule has 0 aromatic heterocycles. The number of fused-ring (bicyclic) bond motifs is 1. The highest BCUT2D eigenvalue weighted by Gasteiger charge is 2.14. The fourth-order valence-corrected chi connectivity index (χ4v) is 2.47. The van der Waals surface area contributed by atoms with Crippen LogP contribution < -0.4 is 20.1 Å². The molecule has 0 spiro atoms. The maximum absolute atomic E-state index is 12.5. The van der Waals surface area contributed by atoms with Crippen molar-refractivity contribution < 1.29 is 19.1 Å². The molecule has 130 valence electrons. The van der Waals surface area contributed by atoms with Gasteiger partial charge in [0.1, 0.15) is 13.2 Å². The molecule has 1 aliphatic rings. The molecule has 1 heterocycles. The standard InChI is InChI=1S/C19H20N2O4/c1-2-8-20-18(22)13-4-3-5-14(11-13)19(23)21-15-6-7-16-17(12-15)25-10-9-24-16/h3-7,11-12H,2,8-10H2,1H3,(H,20,22)(H,21,23). The van der Waals surface area contributed by atoms with Gasteiger partial charge in [0.05, 0.1) is 0 Å². The molecule has 2 N–H and O–H groups in total. The lowest BCUT2D eigenvalue weighted by molar-refractivity contribution is 0.0953. The minimum atomic E-state index is -0.290. The Bertz CT molecular complexity index is 789. The van der Waals surface area contributed by atoms with Crippen LogP contribution in [0.4, 0.5) is 5.69 Å². The molecule has 0 unspecified atom stereocenters. The van der Waals surface area contributed by atoms with Crippen LogP contribution >= 0.6 is 0 Å². The number of anilines is 1. The van der Waals surface area contributed by atoms with Gasteiger partial charge in [0.15, 0.2) is 11.5 Å². The van der Waals surface area contributed by atoms with E-state index in [2.05, 4.69) is 10.6 Å². The van der Waals surface area contributed by atoms with Gasteiger partial charge in [-0.15, -0.1) is 0 Å². The SMILES string of the molecule is CCCNC(=O)c1cccc(C(=O)Nc2ccc3c(c2)OCCO3)c1. The number of benzene rings is 2. The topological polar surface area (TPSA) is 76.7 Å². The third kappa shape index (κ3) is 4.09. The smallest absolute Gasteiger partial charge is 0.255 e. The number of nitrogens with one attached hydrogen (secondary N) is 2. The number of hydrogen-bond donors (Lipinski definition) is 2. The van der Waals surface area contributed by atoms with Crippen LogP contribution in [-0.2, 0) is 0 Å². The summed E-state index contributed by atoms with van der Waals surface area (Å²) in [4.78, 5) is 24.5. The van der Waals surface area contributed by atoms with Crippen LogP contribution in [0.5, 0.6) is 11.5 Å². The van der Waals surface area contributed by atoms with E-state index in [9.17, 15) is 9.59 Å². The number of rotatable bonds is 5. The first kappa shape index (κ1) is 16.8. The van der Waals surface area contributed by atoms with E-state index in [-0.39, 0.29) is 11.8 Å². The summed E-state index contributed by atoms with van der Waals surface area (Å²) in [6, 6.07) is 11.9. The van der Waals surface area contributed by atoms with E-state index in [0.29, 0.717) is 48.1 Å². The number of ether oxygens (including phenoxy) is 2. The summed E-state index contributed by atoms with van der Waals surface area (Å²) in [5.41, 5.74) is 1.48. The molecule has 3 rings (SSSR count). The maximum atomic E-state index is 12.5. The Labute approximate surface area is 146 Å². The van der Waals surface area contributed by atoms with Crippen LogP contribution in [0.25, 0.3) is 0 Å². The molecule has 0 saturated heterocycles. The van der Waals surface area contributed by atoms with Crippen molar-refractivity contribution in [2.45, 2.75) is 13.3 Å². The number of carbonyl (C=O) groups excluding carboxylic acids is 2. The lowest BCUT2D eigenvalue weighted by Gasteiger charge is -2.19. The van der Waals surface area contributed by atoms with Crippen LogP contribution in [0.3, 0.4) is 0 Å². The van der Waals surface area contributed by atoms with Crippen molar-refractivity contribution >= 4 is 17.5 Å². The molecule has 2 amide bonds. The van der Waals surface area contributed by atoms with Gasteiger partial charge >= 0.3 is 0 Å². The highest BCUT2D eigenvalue weighted by atomic mass is 16.6. The summed E-state index contributed by atoms with van der Waals surface area (Å²) in [6.45, 7) is 3.59. The first-order chi connectivity index (χ1) is 12.2. The number of hydrogen-bond acceptors (Lipinski definition) is 4. The predicted octanol–water partition coefficient (Wildman–Crippen LogP) is 2.85. The Morgan fingerprint density at radius 2 is 1.68 bits per heavy atom. The lowest BCUT2D eigenvalue weighted by atomic mass is 10.1. The Kier molecular flexibility index (Phi) is 5.18. The fourth-order valence-electron chi connectivity index (χ4n) is 2.47. The summed E-state index contributed by atoms with van der Waals surface area (Å²) >= 11 is 0. The van der Waals surface area contributed by atoms with Gasteiger partial charge < -0.3 is 20.1 Å². The van der Waals surface area contributed by atoms with Crippen molar-refractivity contribution in [1.82, 2.24) is 5.32 Å². The first-order valence-corrected chi connectivity index (χ1v) is 8.26. The maximum Gasteiger partial charge on any atom is 0.255 e. The largest absolute Gasteiger partial charge is 0.486 e. The van der Waals surface area contributed by atoms with E-state index in [1.807, 2.05) is 6.92 Å². The summed E-state index contributed by atoms with van der Waals surface area (Å²) in [5, 5.41) is 5.61. The molecule has 2 aromatic carbocycles. The molecule has 0 atom stereocenters. The summed E-state index contributed by atoms with van der Waals surface area (Å²) < 4.78 is 11.0. The van der Waals surface area contributed by atoms with Gasteiger partial charge in [-0.05, 0) is 36.8 Å². The molecule has 6 nitrogen and oxygen atoms in total. The van der Waals surface area contributed by atoms with Gasteiger partial charge in [-0.1, -0.05) is 13.0 Å². The van der Waals surface area contributed by atoms with Gasteiger partial charge in [0.25, 0.3) is 11.8 Å². The van der Waals surface area contributed by atoms with E-state index in [1.165, 1.54) is 0 Å². The molecular formula is C19H20N2O4. The first-order valence-electron chi connectivity index (χ1n) is 8.26. The second kappa shape index (κ2) is 7.70. The van der Waals surface area contributed by atoms with Crippen LogP contribution in [0.15, 0.2) is 42.5 Å². The van der Waals surface area contributed by atoms with Crippen molar-refractivity contribution in [3.63, 3.8) is 0 Å². The van der Waals surface area contributed by atoms with E-state index in [1.54, 1.807) is 42.5 Å². The molecular weight excluding hydrogens is 320 g/mol. The molecule has 2 aromatic rings. The van der Waals surface area contributed by atoms with Crippen LogP contribution in [-0.4, -0.2) is 31.6 Å². The molecule has 0 aliphatic carbocycles. The average molecular weight is 340 g/mol. The zero-order valence-electron chi connectivity index (χ0n) is 14.0. The molecule has 0 fully saturated rings. The average Bonchev–Trinajstić information content (AvgIpc) is 2.66. The normalized spacial score (nSPS) is 12.4. The molecule has 0 saturated carbocycles. The highest BCUT2D eigenvalue weighted by molar-refractivity contribution is 6.06. The second-order valence-electron chi connectivity index (χ2n) is 5.65. The summed E-state index contributed by atoms with van der Waals surface area (Å²) in [5.74, 6) is 0.799. The number of carbonyl (C=O) groups is 2. The van der Waals surface area contributed by atoms with Crippen molar-refractivity contribution in [2.24, 2.45) is 0 Å². The van der Waals surface area contributed by atoms with Crippen LogP contribution in [0.2, 0.25) is 0 Å². The van der Waals surface area contributed by atoms with Gasteiger partial charge in [0.2, 0.25) is 0 Å². The Morgan fingerprint density at radius 3 is 2.44 bits per heavy atom. The minimum absolute atomic E-state index is 0.184. The van der Waals surface area contributed by atoms with E-state index < -0.39 is 0 Å².